The molecule has 1 heterocycles. The maximum absolute atomic E-state index is 12.1. The van der Waals surface area contributed by atoms with Gasteiger partial charge in [0.15, 0.2) is 0 Å². The van der Waals surface area contributed by atoms with Crippen LogP contribution in [0.25, 0.3) is 0 Å². The second kappa shape index (κ2) is 7.41. The van der Waals surface area contributed by atoms with Crippen molar-refractivity contribution in [1.29, 1.82) is 0 Å². The number of hydrogen-bond acceptors (Lipinski definition) is 4. The fourth-order valence-corrected chi connectivity index (χ4v) is 3.10. The summed E-state index contributed by atoms with van der Waals surface area (Å²) >= 11 is 0. The van der Waals surface area contributed by atoms with Crippen LogP contribution in [0.5, 0.6) is 0 Å². The van der Waals surface area contributed by atoms with Crippen molar-refractivity contribution in [1.82, 2.24) is 5.32 Å². The number of amides is 1. The van der Waals surface area contributed by atoms with Gasteiger partial charge in [0.05, 0.1) is 4.90 Å². The van der Waals surface area contributed by atoms with E-state index >= 15 is 0 Å². The number of rotatable bonds is 4. The third kappa shape index (κ3) is 4.67. The average molecular weight is 348 g/mol. The molecule has 1 unspecified atom stereocenters. The highest BCUT2D eigenvalue weighted by Gasteiger charge is 2.19. The molecule has 0 bridgehead atoms. The highest BCUT2D eigenvalue weighted by Crippen LogP contribution is 2.24. The van der Waals surface area contributed by atoms with Crippen LogP contribution in [0.3, 0.4) is 0 Å². The zero-order chi connectivity index (χ0) is 15.6. The van der Waals surface area contributed by atoms with Gasteiger partial charge in [-0.05, 0) is 62.5 Å². The number of nitrogens with two attached hydrogens (primary N) is 1. The molecule has 1 saturated heterocycles. The first kappa shape index (κ1) is 18.9. The Bertz CT molecular complexity index is 656. The van der Waals surface area contributed by atoms with E-state index in [2.05, 4.69) is 10.6 Å². The molecule has 0 spiro atoms. The van der Waals surface area contributed by atoms with Crippen LogP contribution in [0.4, 0.5) is 5.69 Å². The Morgan fingerprint density at radius 1 is 1.41 bits per heavy atom. The summed E-state index contributed by atoms with van der Waals surface area (Å²) in [6, 6.07) is 2.93. The Balaban J connectivity index is 0.00000242. The first-order valence-electron chi connectivity index (χ1n) is 6.92. The van der Waals surface area contributed by atoms with Crippen LogP contribution >= 0.6 is 12.4 Å². The molecule has 0 saturated carbocycles. The predicted octanol–water partition coefficient (Wildman–Crippen LogP) is 1.31. The Kier molecular flexibility index (Phi) is 6.37. The second-order valence-electron chi connectivity index (χ2n) is 5.57. The van der Waals surface area contributed by atoms with Crippen LogP contribution in [0, 0.1) is 19.8 Å². The van der Waals surface area contributed by atoms with E-state index in [0.29, 0.717) is 18.0 Å². The van der Waals surface area contributed by atoms with Gasteiger partial charge >= 0.3 is 0 Å². The van der Waals surface area contributed by atoms with Gasteiger partial charge in [-0.15, -0.1) is 12.4 Å². The Hall–Kier alpha value is -1.15. The van der Waals surface area contributed by atoms with Gasteiger partial charge in [-0.25, -0.2) is 13.6 Å². The van der Waals surface area contributed by atoms with Crippen molar-refractivity contribution >= 4 is 34.0 Å². The van der Waals surface area contributed by atoms with Crippen LogP contribution in [0.1, 0.15) is 24.0 Å². The monoisotopic (exact) mass is 347 g/mol. The lowest BCUT2D eigenvalue weighted by Gasteiger charge is -2.14. The number of carbonyl (C=O) groups is 1. The number of benzene rings is 1. The molecular weight excluding hydrogens is 326 g/mol. The standard InChI is InChI=1S/C14H21N3O3S.ClH/c1-9-5-12(21(15,19)20)7-13(10(9)2)17-14(18)6-11-3-4-16-8-11;/h5,7,11,16H,3-4,6,8H2,1-2H3,(H,17,18)(H2,15,19,20);1H. The smallest absolute Gasteiger partial charge is 0.238 e. The highest BCUT2D eigenvalue weighted by atomic mass is 35.5. The van der Waals surface area contributed by atoms with E-state index in [1.807, 2.05) is 6.92 Å². The molecule has 1 fully saturated rings. The number of primary sulfonamides is 1. The fourth-order valence-electron chi connectivity index (χ4n) is 2.47. The Morgan fingerprint density at radius 3 is 2.64 bits per heavy atom. The molecule has 1 aliphatic heterocycles. The SMILES string of the molecule is Cc1cc(S(N)(=O)=O)cc(NC(=O)CC2CCNC2)c1C.Cl. The first-order valence-corrected chi connectivity index (χ1v) is 8.46. The molecule has 0 radical (unpaired) electrons. The molecule has 124 valence electrons. The molecule has 0 aromatic heterocycles. The first-order chi connectivity index (χ1) is 9.77. The second-order valence-corrected chi connectivity index (χ2v) is 7.13. The summed E-state index contributed by atoms with van der Waals surface area (Å²) in [7, 11) is -3.78. The third-order valence-electron chi connectivity index (χ3n) is 3.88. The van der Waals surface area contributed by atoms with E-state index in [4.69, 9.17) is 5.14 Å². The van der Waals surface area contributed by atoms with Gasteiger partial charge < -0.3 is 10.6 Å². The van der Waals surface area contributed by atoms with Crippen LogP contribution in [0.15, 0.2) is 17.0 Å². The topological polar surface area (TPSA) is 101 Å². The van der Waals surface area contributed by atoms with E-state index in [1.54, 1.807) is 6.92 Å². The number of halogens is 1. The lowest BCUT2D eigenvalue weighted by Crippen LogP contribution is -2.20. The van der Waals surface area contributed by atoms with Gasteiger partial charge in [0, 0.05) is 12.1 Å². The minimum Gasteiger partial charge on any atom is -0.326 e. The maximum atomic E-state index is 12.1. The van der Waals surface area contributed by atoms with Gasteiger partial charge in [-0.3, -0.25) is 4.79 Å². The number of nitrogens with one attached hydrogen (secondary N) is 2. The molecule has 0 aliphatic carbocycles. The summed E-state index contributed by atoms with van der Waals surface area (Å²) < 4.78 is 22.9. The van der Waals surface area contributed by atoms with Gasteiger partial charge in [0.2, 0.25) is 15.9 Å². The van der Waals surface area contributed by atoms with Gasteiger partial charge in [-0.2, -0.15) is 0 Å². The Morgan fingerprint density at radius 2 is 2.09 bits per heavy atom. The normalized spacial score (nSPS) is 17.9. The molecule has 1 aromatic carbocycles. The van der Waals surface area contributed by atoms with Crippen LogP contribution in [0.2, 0.25) is 0 Å². The molecule has 1 amide bonds. The van der Waals surface area contributed by atoms with Crippen LogP contribution < -0.4 is 15.8 Å². The quantitative estimate of drug-likeness (QED) is 0.764. The van der Waals surface area contributed by atoms with Crippen LogP contribution in [-0.4, -0.2) is 27.4 Å². The molecule has 1 aromatic rings. The number of anilines is 1. The third-order valence-corrected chi connectivity index (χ3v) is 4.77. The van der Waals surface area contributed by atoms with E-state index < -0.39 is 10.0 Å². The number of sulfonamides is 1. The zero-order valence-electron chi connectivity index (χ0n) is 12.7. The lowest BCUT2D eigenvalue weighted by atomic mass is 10.0. The van der Waals surface area contributed by atoms with Crippen molar-refractivity contribution in [3.63, 3.8) is 0 Å². The summed E-state index contributed by atoms with van der Waals surface area (Å²) in [6.45, 7) is 5.43. The van der Waals surface area contributed by atoms with E-state index in [1.165, 1.54) is 12.1 Å². The van der Waals surface area contributed by atoms with Crippen molar-refractivity contribution < 1.29 is 13.2 Å². The van der Waals surface area contributed by atoms with Gasteiger partial charge in [-0.1, -0.05) is 0 Å². The van der Waals surface area contributed by atoms with E-state index in [0.717, 1.165) is 30.6 Å². The summed E-state index contributed by atoms with van der Waals surface area (Å²) in [6.07, 6.45) is 1.42. The summed E-state index contributed by atoms with van der Waals surface area (Å²) in [5, 5.41) is 11.2. The molecule has 1 atom stereocenters. The van der Waals surface area contributed by atoms with Crippen molar-refractivity contribution in [3.05, 3.63) is 23.3 Å². The summed E-state index contributed by atoms with van der Waals surface area (Å²) in [4.78, 5) is 12.1. The highest BCUT2D eigenvalue weighted by molar-refractivity contribution is 7.89. The largest absolute Gasteiger partial charge is 0.326 e. The van der Waals surface area contributed by atoms with Crippen molar-refractivity contribution in [2.75, 3.05) is 18.4 Å². The predicted molar refractivity (Wildman–Crippen MR) is 88.8 cm³/mol. The summed E-state index contributed by atoms with van der Waals surface area (Å²) in [5.41, 5.74) is 2.13. The number of aryl methyl sites for hydroxylation is 1. The number of carbonyl (C=O) groups excluding carboxylic acids is 1. The molecular formula is C14H22ClN3O3S. The average Bonchev–Trinajstić information content (AvgIpc) is 2.86. The van der Waals surface area contributed by atoms with Crippen molar-refractivity contribution in [3.8, 4) is 0 Å². The van der Waals surface area contributed by atoms with Crippen molar-refractivity contribution in [2.45, 2.75) is 31.6 Å². The van der Waals surface area contributed by atoms with Crippen molar-refractivity contribution in [2.24, 2.45) is 11.1 Å². The molecule has 2 rings (SSSR count). The van der Waals surface area contributed by atoms with Gasteiger partial charge in [0.1, 0.15) is 0 Å². The minimum atomic E-state index is -3.78. The maximum Gasteiger partial charge on any atom is 0.238 e. The lowest BCUT2D eigenvalue weighted by molar-refractivity contribution is -0.117. The molecule has 8 heteroatoms. The number of hydrogen-bond donors (Lipinski definition) is 3. The van der Waals surface area contributed by atoms with Gasteiger partial charge in [0.25, 0.3) is 0 Å². The minimum absolute atomic E-state index is 0. The zero-order valence-corrected chi connectivity index (χ0v) is 14.3. The Labute approximate surface area is 137 Å². The molecule has 22 heavy (non-hydrogen) atoms. The van der Waals surface area contributed by atoms with E-state index in [-0.39, 0.29) is 23.2 Å². The fraction of sp³-hybridized carbons (Fsp3) is 0.500. The van der Waals surface area contributed by atoms with Crippen LogP contribution in [-0.2, 0) is 14.8 Å². The molecule has 1 aliphatic rings. The van der Waals surface area contributed by atoms with E-state index in [9.17, 15) is 13.2 Å². The molecule has 6 nitrogen and oxygen atoms in total. The molecule has 4 N–H and O–H groups in total. The summed E-state index contributed by atoms with van der Waals surface area (Å²) in [5.74, 6) is 0.241.